The molecule has 0 heterocycles. The standard InChI is InChI=1S/C8H10.C7H4Cl3NO/c1-2-8-6-4-3-5-7-8;8-4-1-6(10)7(11-3-12)2-5(4)9/h3-7H,2H2,1H3;1-3H,(H,11,12). The van der Waals surface area contributed by atoms with Crippen LogP contribution in [0.2, 0.25) is 15.1 Å². The molecule has 0 atom stereocenters. The van der Waals surface area contributed by atoms with Gasteiger partial charge < -0.3 is 5.32 Å². The van der Waals surface area contributed by atoms with E-state index in [4.69, 9.17) is 34.8 Å². The molecule has 2 aromatic carbocycles. The van der Waals surface area contributed by atoms with Crippen LogP contribution in [0.4, 0.5) is 5.69 Å². The second-order valence-corrected chi connectivity index (χ2v) is 5.07. The van der Waals surface area contributed by atoms with E-state index in [0.717, 1.165) is 6.42 Å². The number of nitrogens with one attached hydrogen (secondary N) is 1. The number of hydrogen-bond donors (Lipinski definition) is 1. The molecule has 20 heavy (non-hydrogen) atoms. The molecule has 0 aliphatic rings. The van der Waals surface area contributed by atoms with E-state index in [9.17, 15) is 4.79 Å². The van der Waals surface area contributed by atoms with Crippen LogP contribution in [0.1, 0.15) is 12.5 Å². The quantitative estimate of drug-likeness (QED) is 0.587. The minimum atomic E-state index is 0.352. The maximum atomic E-state index is 10.1. The van der Waals surface area contributed by atoms with Crippen molar-refractivity contribution in [3.63, 3.8) is 0 Å². The Balaban J connectivity index is 0.000000217. The maximum absolute atomic E-state index is 10.1. The fraction of sp³-hybridized carbons (Fsp3) is 0.133. The Morgan fingerprint density at radius 2 is 1.60 bits per heavy atom. The molecule has 0 fully saturated rings. The second-order valence-electron chi connectivity index (χ2n) is 3.85. The number of hydrogen-bond acceptors (Lipinski definition) is 1. The number of aryl methyl sites for hydroxylation is 1. The van der Waals surface area contributed by atoms with Gasteiger partial charge in [-0.3, -0.25) is 4.79 Å². The lowest BCUT2D eigenvalue weighted by molar-refractivity contribution is -0.105. The summed E-state index contributed by atoms with van der Waals surface area (Å²) in [6, 6.07) is 13.4. The lowest BCUT2D eigenvalue weighted by Gasteiger charge is -2.03. The van der Waals surface area contributed by atoms with Gasteiger partial charge in [0.2, 0.25) is 6.41 Å². The van der Waals surface area contributed by atoms with Crippen molar-refractivity contribution in [3.8, 4) is 0 Å². The fourth-order valence-electron chi connectivity index (χ4n) is 1.41. The highest BCUT2D eigenvalue weighted by atomic mass is 35.5. The number of benzene rings is 2. The molecule has 2 nitrogen and oxygen atoms in total. The Kier molecular flexibility index (Phi) is 7.45. The van der Waals surface area contributed by atoms with Gasteiger partial charge in [0.05, 0.1) is 20.8 Å². The predicted octanol–water partition coefficient (Wildman–Crippen LogP) is 5.46. The van der Waals surface area contributed by atoms with Crippen LogP contribution in [0, 0.1) is 0 Å². The van der Waals surface area contributed by atoms with Gasteiger partial charge >= 0.3 is 0 Å². The van der Waals surface area contributed by atoms with E-state index in [0.29, 0.717) is 27.2 Å². The number of rotatable bonds is 3. The normalized spacial score (nSPS) is 9.40. The van der Waals surface area contributed by atoms with Crippen molar-refractivity contribution >= 4 is 46.9 Å². The SMILES string of the molecule is CCc1ccccc1.O=CNc1cc(Cl)c(Cl)cc1Cl. The van der Waals surface area contributed by atoms with Crippen molar-refractivity contribution in [2.24, 2.45) is 0 Å². The molecule has 0 unspecified atom stereocenters. The van der Waals surface area contributed by atoms with Crippen LogP contribution < -0.4 is 5.32 Å². The summed E-state index contributed by atoms with van der Waals surface area (Å²) in [5, 5.41) is 3.46. The van der Waals surface area contributed by atoms with Crippen molar-refractivity contribution in [2.45, 2.75) is 13.3 Å². The number of halogens is 3. The predicted molar refractivity (Wildman–Crippen MR) is 87.0 cm³/mol. The molecule has 106 valence electrons. The Bertz CT molecular complexity index is 559. The molecule has 0 aliphatic carbocycles. The number of carbonyl (C=O) groups excluding carboxylic acids is 1. The van der Waals surface area contributed by atoms with Crippen LogP contribution in [0.25, 0.3) is 0 Å². The van der Waals surface area contributed by atoms with Crippen LogP contribution >= 0.6 is 34.8 Å². The summed E-state index contributed by atoms with van der Waals surface area (Å²) < 4.78 is 0. The molecule has 0 saturated carbocycles. The number of amides is 1. The average Bonchev–Trinajstić information content (AvgIpc) is 2.46. The highest BCUT2D eigenvalue weighted by molar-refractivity contribution is 6.44. The summed E-state index contributed by atoms with van der Waals surface area (Å²) in [7, 11) is 0. The molecule has 0 aliphatic heterocycles. The summed E-state index contributed by atoms with van der Waals surface area (Å²) in [4.78, 5) is 10.1. The van der Waals surface area contributed by atoms with Crippen LogP contribution in [0.3, 0.4) is 0 Å². The molecule has 2 rings (SSSR count). The van der Waals surface area contributed by atoms with Crippen molar-refractivity contribution < 1.29 is 4.79 Å². The molecule has 1 amide bonds. The highest BCUT2D eigenvalue weighted by Crippen LogP contribution is 2.31. The van der Waals surface area contributed by atoms with Crippen LogP contribution in [0.5, 0.6) is 0 Å². The van der Waals surface area contributed by atoms with Crippen molar-refractivity contribution in [3.05, 3.63) is 63.1 Å². The zero-order valence-corrected chi connectivity index (χ0v) is 13.1. The molecular formula is C15H14Cl3NO. The molecule has 0 aromatic heterocycles. The monoisotopic (exact) mass is 329 g/mol. The Hall–Kier alpha value is -1.22. The smallest absolute Gasteiger partial charge is 0.211 e. The van der Waals surface area contributed by atoms with Gasteiger partial charge in [0.1, 0.15) is 0 Å². The second kappa shape index (κ2) is 8.85. The van der Waals surface area contributed by atoms with Gasteiger partial charge in [-0.05, 0) is 24.1 Å². The third kappa shape index (κ3) is 5.41. The zero-order chi connectivity index (χ0) is 15.0. The Morgan fingerprint density at radius 3 is 2.10 bits per heavy atom. The number of carbonyl (C=O) groups is 1. The van der Waals surface area contributed by atoms with Gasteiger partial charge in [-0.2, -0.15) is 0 Å². The van der Waals surface area contributed by atoms with Crippen molar-refractivity contribution in [1.82, 2.24) is 0 Å². The molecular weight excluding hydrogens is 317 g/mol. The first-order chi connectivity index (χ1) is 9.58. The molecule has 1 N–H and O–H groups in total. The van der Waals surface area contributed by atoms with E-state index in [1.165, 1.54) is 17.7 Å². The summed E-state index contributed by atoms with van der Waals surface area (Å²) in [5.41, 5.74) is 1.86. The topological polar surface area (TPSA) is 29.1 Å². The Labute approximate surface area is 133 Å². The van der Waals surface area contributed by atoms with Gasteiger partial charge in [-0.25, -0.2) is 0 Å². The summed E-state index contributed by atoms with van der Waals surface area (Å²) >= 11 is 17.0. The van der Waals surface area contributed by atoms with Gasteiger partial charge in [-0.1, -0.05) is 72.1 Å². The minimum absolute atomic E-state index is 0.352. The van der Waals surface area contributed by atoms with Gasteiger partial charge in [0, 0.05) is 0 Å². The minimum Gasteiger partial charge on any atom is -0.327 e. The van der Waals surface area contributed by atoms with E-state index in [1.807, 2.05) is 6.07 Å². The molecule has 0 saturated heterocycles. The van der Waals surface area contributed by atoms with E-state index >= 15 is 0 Å². The van der Waals surface area contributed by atoms with Gasteiger partial charge in [-0.15, -0.1) is 0 Å². The third-order valence-electron chi connectivity index (χ3n) is 2.48. The molecule has 0 spiro atoms. The first kappa shape index (κ1) is 16.8. The van der Waals surface area contributed by atoms with Crippen LogP contribution in [0.15, 0.2) is 42.5 Å². The van der Waals surface area contributed by atoms with Gasteiger partial charge in [0.15, 0.2) is 0 Å². The zero-order valence-electron chi connectivity index (χ0n) is 10.9. The van der Waals surface area contributed by atoms with Gasteiger partial charge in [0.25, 0.3) is 0 Å². The summed E-state index contributed by atoms with van der Waals surface area (Å²) in [6.07, 6.45) is 1.66. The number of anilines is 1. The lowest BCUT2D eigenvalue weighted by Crippen LogP contribution is -1.94. The van der Waals surface area contributed by atoms with E-state index in [1.54, 1.807) is 0 Å². The molecule has 0 bridgehead atoms. The first-order valence-electron chi connectivity index (χ1n) is 5.97. The first-order valence-corrected chi connectivity index (χ1v) is 7.10. The lowest BCUT2D eigenvalue weighted by atomic mass is 10.2. The highest BCUT2D eigenvalue weighted by Gasteiger charge is 2.04. The van der Waals surface area contributed by atoms with Crippen LogP contribution in [-0.4, -0.2) is 6.41 Å². The largest absolute Gasteiger partial charge is 0.327 e. The van der Waals surface area contributed by atoms with E-state index in [-0.39, 0.29) is 0 Å². The average molecular weight is 331 g/mol. The maximum Gasteiger partial charge on any atom is 0.211 e. The van der Waals surface area contributed by atoms with Crippen molar-refractivity contribution in [1.29, 1.82) is 0 Å². The molecule has 5 heteroatoms. The van der Waals surface area contributed by atoms with Crippen molar-refractivity contribution in [2.75, 3.05) is 5.32 Å². The van der Waals surface area contributed by atoms with E-state index < -0.39 is 0 Å². The Morgan fingerprint density at radius 1 is 1.00 bits per heavy atom. The third-order valence-corrected chi connectivity index (χ3v) is 3.51. The van der Waals surface area contributed by atoms with E-state index in [2.05, 4.69) is 36.5 Å². The summed E-state index contributed by atoms with van der Waals surface area (Å²) in [5.74, 6) is 0. The fourth-order valence-corrected chi connectivity index (χ4v) is 2.01. The molecule has 2 aromatic rings. The summed E-state index contributed by atoms with van der Waals surface area (Å²) in [6.45, 7) is 2.16. The van der Waals surface area contributed by atoms with Crippen LogP contribution in [-0.2, 0) is 11.2 Å². The molecule has 0 radical (unpaired) electrons.